The Hall–Kier alpha value is -1.87. The Bertz CT molecular complexity index is 515. The van der Waals surface area contributed by atoms with E-state index in [1.165, 1.54) is 12.8 Å². The van der Waals surface area contributed by atoms with Crippen molar-refractivity contribution in [2.45, 2.75) is 18.9 Å². The van der Waals surface area contributed by atoms with Gasteiger partial charge in [-0.25, -0.2) is 4.98 Å². The summed E-state index contributed by atoms with van der Waals surface area (Å²) in [5.74, 6) is 1.07. The van der Waals surface area contributed by atoms with Crippen molar-refractivity contribution in [2.75, 3.05) is 18.0 Å². The average Bonchev–Trinajstić information content (AvgIpc) is 3.02. The van der Waals surface area contributed by atoms with Crippen LogP contribution in [0.4, 0.5) is 5.82 Å². The van der Waals surface area contributed by atoms with Gasteiger partial charge in [0.2, 0.25) is 0 Å². The molecule has 2 heterocycles. The van der Waals surface area contributed by atoms with Crippen molar-refractivity contribution >= 4 is 5.82 Å². The zero-order valence-electron chi connectivity index (χ0n) is 11.0. The molecule has 0 amide bonds. The van der Waals surface area contributed by atoms with E-state index in [-0.39, 0.29) is 6.04 Å². The van der Waals surface area contributed by atoms with Gasteiger partial charge in [-0.15, -0.1) is 0 Å². The number of nitrogens with two attached hydrogens (primary N) is 1. The summed E-state index contributed by atoms with van der Waals surface area (Å²) in [4.78, 5) is 6.88. The smallest absolute Gasteiger partial charge is 0.128 e. The number of nitrogens with zero attached hydrogens (tertiary/aromatic N) is 2. The van der Waals surface area contributed by atoms with Gasteiger partial charge in [0.05, 0.1) is 6.04 Å². The minimum absolute atomic E-state index is 0.0960. The fourth-order valence-electron chi connectivity index (χ4n) is 2.57. The molecule has 1 aliphatic heterocycles. The third-order valence-corrected chi connectivity index (χ3v) is 3.72. The van der Waals surface area contributed by atoms with Gasteiger partial charge in [0.1, 0.15) is 5.82 Å². The summed E-state index contributed by atoms with van der Waals surface area (Å²) in [5, 5.41) is 0. The van der Waals surface area contributed by atoms with Crippen LogP contribution >= 0.6 is 0 Å². The number of aromatic nitrogens is 1. The lowest BCUT2D eigenvalue weighted by molar-refractivity contribution is 0.856. The maximum Gasteiger partial charge on any atom is 0.128 e. The van der Waals surface area contributed by atoms with Gasteiger partial charge in [0, 0.05) is 19.3 Å². The first-order valence-electron chi connectivity index (χ1n) is 6.86. The molecule has 0 bridgehead atoms. The highest BCUT2D eigenvalue weighted by molar-refractivity contribution is 5.42. The minimum atomic E-state index is -0.0960. The lowest BCUT2D eigenvalue weighted by atomic mass is 10.0. The van der Waals surface area contributed by atoms with E-state index in [9.17, 15) is 0 Å². The fraction of sp³-hybridized carbons (Fsp3) is 0.312. The van der Waals surface area contributed by atoms with Crippen LogP contribution in [0.5, 0.6) is 0 Å². The predicted molar refractivity (Wildman–Crippen MR) is 78.2 cm³/mol. The second-order valence-electron chi connectivity index (χ2n) is 5.03. The normalized spacial score (nSPS) is 16.6. The molecule has 0 aliphatic carbocycles. The first kappa shape index (κ1) is 12.2. The van der Waals surface area contributed by atoms with Gasteiger partial charge in [0.15, 0.2) is 0 Å². The topological polar surface area (TPSA) is 42.1 Å². The van der Waals surface area contributed by atoms with E-state index < -0.39 is 0 Å². The van der Waals surface area contributed by atoms with Crippen molar-refractivity contribution in [3.63, 3.8) is 0 Å². The van der Waals surface area contributed by atoms with Crippen molar-refractivity contribution < 1.29 is 0 Å². The lowest BCUT2D eigenvalue weighted by Crippen LogP contribution is -2.19. The van der Waals surface area contributed by atoms with Gasteiger partial charge in [-0.3, -0.25) is 0 Å². The van der Waals surface area contributed by atoms with E-state index in [0.29, 0.717) is 0 Å². The van der Waals surface area contributed by atoms with Crippen molar-refractivity contribution in [2.24, 2.45) is 5.73 Å². The van der Waals surface area contributed by atoms with Gasteiger partial charge in [0.25, 0.3) is 0 Å². The molecule has 3 heteroatoms. The minimum Gasteiger partial charge on any atom is -0.357 e. The van der Waals surface area contributed by atoms with Crippen LogP contribution in [-0.4, -0.2) is 18.1 Å². The molecule has 19 heavy (non-hydrogen) atoms. The summed E-state index contributed by atoms with van der Waals surface area (Å²) in [6.45, 7) is 2.24. The quantitative estimate of drug-likeness (QED) is 0.914. The van der Waals surface area contributed by atoms with Crippen LogP contribution < -0.4 is 10.6 Å². The summed E-state index contributed by atoms with van der Waals surface area (Å²) in [6, 6.07) is 14.2. The molecule has 0 radical (unpaired) electrons. The zero-order chi connectivity index (χ0) is 13.1. The molecule has 2 aromatic rings. The first-order chi connectivity index (χ1) is 9.34. The Morgan fingerprint density at radius 3 is 2.32 bits per heavy atom. The Morgan fingerprint density at radius 2 is 1.68 bits per heavy atom. The maximum atomic E-state index is 6.27. The molecule has 1 atom stereocenters. The van der Waals surface area contributed by atoms with Gasteiger partial charge >= 0.3 is 0 Å². The molecule has 0 unspecified atom stereocenters. The van der Waals surface area contributed by atoms with Crippen molar-refractivity contribution in [3.05, 3.63) is 59.8 Å². The SMILES string of the molecule is N[C@@H](c1ccccc1)c1ccc(N2CCCC2)nc1. The van der Waals surface area contributed by atoms with E-state index in [1.807, 2.05) is 24.4 Å². The van der Waals surface area contributed by atoms with Crippen LogP contribution in [0.25, 0.3) is 0 Å². The molecule has 1 aliphatic rings. The molecule has 3 rings (SSSR count). The Morgan fingerprint density at radius 1 is 0.947 bits per heavy atom. The molecule has 98 valence electrons. The zero-order valence-corrected chi connectivity index (χ0v) is 11.0. The van der Waals surface area contributed by atoms with Crippen molar-refractivity contribution in [1.82, 2.24) is 4.98 Å². The molecule has 1 fully saturated rings. The summed E-state index contributed by atoms with van der Waals surface area (Å²) >= 11 is 0. The highest BCUT2D eigenvalue weighted by atomic mass is 15.2. The van der Waals surface area contributed by atoms with Crippen molar-refractivity contribution in [3.8, 4) is 0 Å². The summed E-state index contributed by atoms with van der Waals surface area (Å²) in [5.41, 5.74) is 8.45. The maximum absolute atomic E-state index is 6.27. The van der Waals surface area contributed by atoms with E-state index in [1.54, 1.807) is 0 Å². The third-order valence-electron chi connectivity index (χ3n) is 3.72. The fourth-order valence-corrected chi connectivity index (χ4v) is 2.57. The third kappa shape index (κ3) is 2.61. The monoisotopic (exact) mass is 253 g/mol. The van der Waals surface area contributed by atoms with Crippen LogP contribution in [-0.2, 0) is 0 Å². The largest absolute Gasteiger partial charge is 0.357 e. The Labute approximate surface area is 114 Å². The van der Waals surface area contributed by atoms with E-state index in [0.717, 1.165) is 30.0 Å². The van der Waals surface area contributed by atoms with Gasteiger partial charge in [-0.05, 0) is 30.0 Å². The highest BCUT2D eigenvalue weighted by Gasteiger charge is 2.14. The predicted octanol–water partition coefficient (Wildman–Crippen LogP) is 2.73. The van der Waals surface area contributed by atoms with Crippen LogP contribution in [0.15, 0.2) is 48.7 Å². The number of hydrogen-bond donors (Lipinski definition) is 1. The second-order valence-corrected chi connectivity index (χ2v) is 5.03. The van der Waals surface area contributed by atoms with E-state index in [2.05, 4.69) is 34.1 Å². The molecule has 1 aromatic carbocycles. The van der Waals surface area contributed by atoms with Crippen LogP contribution in [0.2, 0.25) is 0 Å². The van der Waals surface area contributed by atoms with Gasteiger partial charge < -0.3 is 10.6 Å². The lowest BCUT2D eigenvalue weighted by Gasteiger charge is -2.18. The van der Waals surface area contributed by atoms with Gasteiger partial charge in [-0.2, -0.15) is 0 Å². The molecule has 1 aromatic heterocycles. The second kappa shape index (κ2) is 5.41. The number of pyridine rings is 1. The summed E-state index contributed by atoms with van der Waals surface area (Å²) < 4.78 is 0. The van der Waals surface area contributed by atoms with E-state index in [4.69, 9.17) is 5.73 Å². The molecular weight excluding hydrogens is 234 g/mol. The molecule has 2 N–H and O–H groups in total. The number of hydrogen-bond acceptors (Lipinski definition) is 3. The molecule has 0 spiro atoms. The van der Waals surface area contributed by atoms with Crippen LogP contribution in [0, 0.1) is 0 Å². The highest BCUT2D eigenvalue weighted by Crippen LogP contribution is 2.22. The molecule has 1 saturated heterocycles. The van der Waals surface area contributed by atoms with Crippen LogP contribution in [0.1, 0.15) is 30.0 Å². The number of benzene rings is 1. The molecule has 0 saturated carbocycles. The number of rotatable bonds is 3. The summed E-state index contributed by atoms with van der Waals surface area (Å²) in [6.07, 6.45) is 4.45. The molecular formula is C16H19N3. The summed E-state index contributed by atoms with van der Waals surface area (Å²) in [7, 11) is 0. The first-order valence-corrected chi connectivity index (χ1v) is 6.86. The van der Waals surface area contributed by atoms with Crippen LogP contribution in [0.3, 0.4) is 0 Å². The number of anilines is 1. The van der Waals surface area contributed by atoms with Crippen molar-refractivity contribution in [1.29, 1.82) is 0 Å². The molecule has 3 nitrogen and oxygen atoms in total. The van der Waals surface area contributed by atoms with E-state index >= 15 is 0 Å². The average molecular weight is 253 g/mol. The van der Waals surface area contributed by atoms with Gasteiger partial charge in [-0.1, -0.05) is 36.4 Å². The standard InChI is InChI=1S/C16H19N3/c17-16(13-6-2-1-3-7-13)14-8-9-15(18-12-14)19-10-4-5-11-19/h1-3,6-9,12,16H,4-5,10-11,17H2/t16-/m0/s1. The Kier molecular flexibility index (Phi) is 3.47. The Balaban J connectivity index is 1.78.